The molecule has 0 N–H and O–H groups in total. The number of allylic oxidation sites excluding steroid dienone is 2. The number of ether oxygens (including phenoxy) is 2. The molecule has 5 heteroatoms. The van der Waals surface area contributed by atoms with Crippen LogP contribution in [0.3, 0.4) is 0 Å². The molecular weight excluding hydrogens is 461 g/mol. The third-order valence-corrected chi connectivity index (χ3v) is 6.73. The van der Waals surface area contributed by atoms with Gasteiger partial charge in [0.05, 0.1) is 19.3 Å². The maximum absolute atomic E-state index is 15.1. The SMILES string of the molecule is C/C=C/CCC1CCC(c2ccc(-c3ccc(-c4ccc(OCCC)c(F)c4F)cc3)c(F)c2)OC1. The molecule has 2 nitrogen and oxygen atoms in total. The lowest BCUT2D eigenvalue weighted by molar-refractivity contribution is -0.0191. The Bertz CT molecular complexity index is 1180. The number of hydrogen-bond acceptors (Lipinski definition) is 2. The first kappa shape index (κ1) is 26.0. The van der Waals surface area contributed by atoms with Crippen LogP contribution in [0.2, 0.25) is 0 Å². The van der Waals surface area contributed by atoms with Gasteiger partial charge in [0.15, 0.2) is 11.6 Å². The van der Waals surface area contributed by atoms with E-state index in [4.69, 9.17) is 9.47 Å². The highest BCUT2D eigenvalue weighted by Gasteiger charge is 2.23. The van der Waals surface area contributed by atoms with E-state index >= 15 is 4.39 Å². The summed E-state index contributed by atoms with van der Waals surface area (Å²) in [6, 6.07) is 15.0. The van der Waals surface area contributed by atoms with Gasteiger partial charge in [-0.2, -0.15) is 4.39 Å². The third kappa shape index (κ3) is 6.01. The van der Waals surface area contributed by atoms with E-state index in [0.29, 0.717) is 42.2 Å². The van der Waals surface area contributed by atoms with E-state index in [1.165, 1.54) is 12.1 Å². The maximum Gasteiger partial charge on any atom is 0.201 e. The van der Waals surface area contributed by atoms with Crippen molar-refractivity contribution in [3.63, 3.8) is 0 Å². The Kier molecular flexibility index (Phi) is 8.87. The standard InChI is InChI=1S/C31H33F3O2/c1-3-5-6-7-21-8-16-28(36-20-21)24-13-14-25(27(32)19-24)22-9-11-23(12-10-22)26-15-17-29(35-18-4-2)31(34)30(26)33/h3,5,9-15,17,19,21,28H,4,6-8,16,18,20H2,1-2H3/b5-3+. The van der Waals surface area contributed by atoms with Crippen LogP contribution in [0, 0.1) is 23.4 Å². The minimum absolute atomic E-state index is 0.0870. The lowest BCUT2D eigenvalue weighted by Gasteiger charge is -2.29. The van der Waals surface area contributed by atoms with Gasteiger partial charge in [0.1, 0.15) is 5.82 Å². The Morgan fingerprint density at radius 3 is 2.28 bits per heavy atom. The van der Waals surface area contributed by atoms with Crippen molar-refractivity contribution in [2.75, 3.05) is 13.2 Å². The van der Waals surface area contributed by atoms with Gasteiger partial charge in [-0.25, -0.2) is 8.78 Å². The van der Waals surface area contributed by atoms with E-state index in [2.05, 4.69) is 12.2 Å². The molecule has 0 aromatic heterocycles. The first-order valence-corrected chi connectivity index (χ1v) is 12.8. The van der Waals surface area contributed by atoms with Crippen LogP contribution in [-0.2, 0) is 4.74 Å². The summed E-state index contributed by atoms with van der Waals surface area (Å²) in [6.07, 6.45) is 9.02. The molecule has 1 heterocycles. The molecule has 2 unspecified atom stereocenters. The van der Waals surface area contributed by atoms with Crippen molar-refractivity contribution in [3.05, 3.63) is 89.8 Å². The Labute approximate surface area is 211 Å². The van der Waals surface area contributed by atoms with E-state index in [0.717, 1.165) is 31.2 Å². The van der Waals surface area contributed by atoms with E-state index in [9.17, 15) is 8.78 Å². The average molecular weight is 495 g/mol. The molecule has 0 bridgehead atoms. The molecule has 1 aliphatic rings. The second-order valence-electron chi connectivity index (χ2n) is 9.32. The molecule has 3 aromatic rings. The largest absolute Gasteiger partial charge is 0.490 e. The van der Waals surface area contributed by atoms with Gasteiger partial charge in [-0.15, -0.1) is 0 Å². The van der Waals surface area contributed by atoms with Crippen molar-refractivity contribution in [1.82, 2.24) is 0 Å². The molecule has 0 radical (unpaired) electrons. The van der Waals surface area contributed by atoms with Gasteiger partial charge in [-0.1, -0.05) is 55.5 Å². The predicted octanol–water partition coefficient (Wildman–Crippen LogP) is 9.05. The summed E-state index contributed by atoms with van der Waals surface area (Å²) in [5.74, 6) is -1.82. The van der Waals surface area contributed by atoms with Crippen LogP contribution in [0.1, 0.15) is 57.6 Å². The van der Waals surface area contributed by atoms with Gasteiger partial charge in [0.25, 0.3) is 0 Å². The molecule has 190 valence electrons. The highest BCUT2D eigenvalue weighted by atomic mass is 19.2. The predicted molar refractivity (Wildman–Crippen MR) is 138 cm³/mol. The van der Waals surface area contributed by atoms with Crippen molar-refractivity contribution in [1.29, 1.82) is 0 Å². The molecular formula is C31H33F3O2. The molecule has 0 aliphatic carbocycles. The minimum Gasteiger partial charge on any atom is -0.490 e. The highest BCUT2D eigenvalue weighted by Crippen LogP contribution is 2.35. The van der Waals surface area contributed by atoms with Gasteiger partial charge < -0.3 is 9.47 Å². The van der Waals surface area contributed by atoms with Crippen molar-refractivity contribution >= 4 is 0 Å². The molecule has 4 rings (SSSR count). The number of rotatable bonds is 9. The average Bonchev–Trinajstić information content (AvgIpc) is 2.90. The van der Waals surface area contributed by atoms with E-state index in [1.807, 2.05) is 19.9 Å². The van der Waals surface area contributed by atoms with Crippen molar-refractivity contribution in [2.24, 2.45) is 5.92 Å². The van der Waals surface area contributed by atoms with E-state index in [-0.39, 0.29) is 23.2 Å². The molecule has 1 fully saturated rings. The van der Waals surface area contributed by atoms with Gasteiger partial charge >= 0.3 is 0 Å². The lowest BCUT2D eigenvalue weighted by Crippen LogP contribution is -2.20. The van der Waals surface area contributed by atoms with E-state index in [1.54, 1.807) is 36.4 Å². The fourth-order valence-corrected chi connectivity index (χ4v) is 4.67. The molecule has 1 saturated heterocycles. The summed E-state index contributed by atoms with van der Waals surface area (Å²) in [5, 5.41) is 0. The fourth-order valence-electron chi connectivity index (χ4n) is 4.67. The molecule has 0 spiro atoms. The van der Waals surface area contributed by atoms with E-state index < -0.39 is 11.6 Å². The van der Waals surface area contributed by atoms with Crippen LogP contribution >= 0.6 is 0 Å². The summed E-state index contributed by atoms with van der Waals surface area (Å²) in [7, 11) is 0. The number of benzene rings is 3. The third-order valence-electron chi connectivity index (χ3n) is 6.73. The zero-order valence-corrected chi connectivity index (χ0v) is 20.9. The number of halogens is 3. The quantitative estimate of drug-likeness (QED) is 0.276. The number of hydrogen-bond donors (Lipinski definition) is 0. The molecule has 1 aliphatic heterocycles. The molecule has 3 aromatic carbocycles. The monoisotopic (exact) mass is 494 g/mol. The summed E-state index contributed by atoms with van der Waals surface area (Å²) >= 11 is 0. The van der Waals surface area contributed by atoms with Gasteiger partial charge in [-0.3, -0.25) is 0 Å². The highest BCUT2D eigenvalue weighted by molar-refractivity contribution is 5.71. The Balaban J connectivity index is 1.45. The first-order chi connectivity index (χ1) is 17.5. The molecule has 0 amide bonds. The fraction of sp³-hybridized carbons (Fsp3) is 0.355. The van der Waals surface area contributed by atoms with Crippen molar-refractivity contribution in [2.45, 2.75) is 52.1 Å². The Morgan fingerprint density at radius 2 is 1.64 bits per heavy atom. The van der Waals surface area contributed by atoms with Gasteiger partial charge in [0.2, 0.25) is 5.82 Å². The molecule has 2 atom stereocenters. The summed E-state index contributed by atoms with van der Waals surface area (Å²) in [5.41, 5.74) is 2.62. The first-order valence-electron chi connectivity index (χ1n) is 12.8. The van der Waals surface area contributed by atoms with Crippen LogP contribution in [0.25, 0.3) is 22.3 Å². The van der Waals surface area contributed by atoms with Crippen LogP contribution in [-0.4, -0.2) is 13.2 Å². The van der Waals surface area contributed by atoms with Crippen molar-refractivity contribution < 1.29 is 22.6 Å². The zero-order valence-electron chi connectivity index (χ0n) is 20.9. The Hall–Kier alpha value is -3.05. The van der Waals surface area contributed by atoms with Gasteiger partial charge in [-0.05, 0) is 79.8 Å². The van der Waals surface area contributed by atoms with Crippen LogP contribution in [0.4, 0.5) is 13.2 Å². The maximum atomic E-state index is 15.1. The smallest absolute Gasteiger partial charge is 0.201 e. The van der Waals surface area contributed by atoms with Crippen LogP contribution in [0.5, 0.6) is 5.75 Å². The second kappa shape index (κ2) is 12.3. The molecule has 36 heavy (non-hydrogen) atoms. The lowest BCUT2D eigenvalue weighted by atomic mass is 9.91. The topological polar surface area (TPSA) is 18.5 Å². The zero-order chi connectivity index (χ0) is 25.5. The summed E-state index contributed by atoms with van der Waals surface area (Å²) in [4.78, 5) is 0. The van der Waals surface area contributed by atoms with Crippen LogP contribution in [0.15, 0.2) is 66.7 Å². The normalized spacial score (nSPS) is 18.0. The van der Waals surface area contributed by atoms with Crippen LogP contribution < -0.4 is 4.74 Å². The molecule has 0 saturated carbocycles. The summed E-state index contributed by atoms with van der Waals surface area (Å²) < 4.78 is 55.4. The van der Waals surface area contributed by atoms with Crippen molar-refractivity contribution in [3.8, 4) is 28.0 Å². The summed E-state index contributed by atoms with van der Waals surface area (Å²) in [6.45, 7) is 4.95. The Morgan fingerprint density at radius 1 is 0.917 bits per heavy atom. The minimum atomic E-state index is -0.999. The second-order valence-corrected chi connectivity index (χ2v) is 9.32. The van der Waals surface area contributed by atoms with Gasteiger partial charge in [0, 0.05) is 11.1 Å².